The van der Waals surface area contributed by atoms with Gasteiger partial charge in [-0.1, -0.05) is 13.3 Å². The molecular formula is C18H24N2O3. The van der Waals surface area contributed by atoms with Crippen LogP contribution in [0.3, 0.4) is 0 Å². The Balaban J connectivity index is 2.17. The number of benzene rings is 1. The quantitative estimate of drug-likeness (QED) is 0.902. The van der Waals surface area contributed by atoms with Gasteiger partial charge in [0.1, 0.15) is 17.4 Å². The maximum atomic E-state index is 12.7. The lowest BCUT2D eigenvalue weighted by atomic mass is 9.78. The molecular weight excluding hydrogens is 292 g/mol. The molecule has 1 aliphatic rings. The molecule has 1 aliphatic carbocycles. The Morgan fingerprint density at radius 2 is 2.30 bits per heavy atom. The van der Waals surface area contributed by atoms with Crippen molar-refractivity contribution in [1.29, 1.82) is 5.26 Å². The summed E-state index contributed by atoms with van der Waals surface area (Å²) in [7, 11) is 1.59. The van der Waals surface area contributed by atoms with Crippen LogP contribution in [-0.4, -0.2) is 25.2 Å². The fraction of sp³-hybridized carbons (Fsp3) is 0.556. The van der Waals surface area contributed by atoms with Gasteiger partial charge in [-0.15, -0.1) is 0 Å². The van der Waals surface area contributed by atoms with Gasteiger partial charge in [0.15, 0.2) is 0 Å². The Morgan fingerprint density at radius 3 is 2.91 bits per heavy atom. The number of hydrogen-bond acceptors (Lipinski definition) is 4. The fourth-order valence-electron chi connectivity index (χ4n) is 3.21. The van der Waals surface area contributed by atoms with Gasteiger partial charge in [-0.05, 0) is 50.3 Å². The maximum absolute atomic E-state index is 12.7. The molecule has 1 amide bonds. The number of ether oxygens (including phenoxy) is 2. The third kappa shape index (κ3) is 3.83. The molecule has 1 aromatic carbocycles. The zero-order chi connectivity index (χ0) is 16.9. The number of amides is 1. The van der Waals surface area contributed by atoms with Gasteiger partial charge in [-0.25, -0.2) is 0 Å². The topological polar surface area (TPSA) is 71.3 Å². The van der Waals surface area contributed by atoms with Crippen molar-refractivity contribution in [2.75, 3.05) is 19.0 Å². The van der Waals surface area contributed by atoms with Crippen LogP contribution >= 0.6 is 0 Å². The second kappa shape index (κ2) is 7.47. The molecule has 2 rings (SSSR count). The third-order valence-corrected chi connectivity index (χ3v) is 4.42. The minimum atomic E-state index is -0.775. The van der Waals surface area contributed by atoms with E-state index in [4.69, 9.17) is 9.47 Å². The molecule has 0 heterocycles. The number of hydrogen-bond donors (Lipinski definition) is 1. The van der Waals surface area contributed by atoms with E-state index in [9.17, 15) is 10.1 Å². The normalized spacial score (nSPS) is 23.8. The van der Waals surface area contributed by atoms with Gasteiger partial charge in [0.05, 0.1) is 12.2 Å². The van der Waals surface area contributed by atoms with Crippen molar-refractivity contribution in [2.45, 2.75) is 45.1 Å². The van der Waals surface area contributed by atoms with E-state index < -0.39 is 5.60 Å². The Labute approximate surface area is 137 Å². The van der Waals surface area contributed by atoms with E-state index in [1.54, 1.807) is 25.3 Å². The number of nitrogens with one attached hydrogen (secondary N) is 1. The molecule has 0 aromatic heterocycles. The average molecular weight is 316 g/mol. The number of nitrogens with zero attached hydrogens (tertiary/aromatic N) is 1. The van der Waals surface area contributed by atoms with E-state index in [-0.39, 0.29) is 5.91 Å². The third-order valence-electron chi connectivity index (χ3n) is 4.42. The summed E-state index contributed by atoms with van der Waals surface area (Å²) in [5, 5.41) is 12.1. The van der Waals surface area contributed by atoms with Gasteiger partial charge in [0.2, 0.25) is 0 Å². The number of nitriles is 1. The number of carbonyl (C=O) groups excluding carboxylic acids is 1. The lowest BCUT2D eigenvalue weighted by Crippen LogP contribution is -2.47. The van der Waals surface area contributed by atoms with Crippen molar-refractivity contribution in [3.8, 4) is 11.8 Å². The standard InChI is InChI=1S/C18H24N2O3/c1-4-23-16-8-7-15(10-14(16)12-19)20-17(21)18(22-3)9-5-6-13(2)11-18/h7-8,10,13H,4-6,9,11H2,1-3H3,(H,20,21)/t13-,18-/m0/s1. The highest BCUT2D eigenvalue weighted by atomic mass is 16.5. The molecule has 2 atom stereocenters. The van der Waals surface area contributed by atoms with Gasteiger partial charge < -0.3 is 14.8 Å². The molecule has 1 aromatic rings. The van der Waals surface area contributed by atoms with Crippen molar-refractivity contribution in [3.63, 3.8) is 0 Å². The highest BCUT2D eigenvalue weighted by Gasteiger charge is 2.42. The Kier molecular flexibility index (Phi) is 5.62. The lowest BCUT2D eigenvalue weighted by Gasteiger charge is -2.37. The van der Waals surface area contributed by atoms with Crippen LogP contribution in [0.25, 0.3) is 0 Å². The first-order valence-electron chi connectivity index (χ1n) is 8.08. The molecule has 5 heteroatoms. The second-order valence-corrected chi connectivity index (χ2v) is 6.11. The minimum absolute atomic E-state index is 0.139. The molecule has 0 saturated heterocycles. The maximum Gasteiger partial charge on any atom is 0.256 e. The van der Waals surface area contributed by atoms with E-state index in [1.165, 1.54) is 0 Å². The van der Waals surface area contributed by atoms with Gasteiger partial charge in [-0.3, -0.25) is 4.79 Å². The van der Waals surface area contributed by atoms with Crippen LogP contribution in [0.5, 0.6) is 5.75 Å². The van der Waals surface area contributed by atoms with Gasteiger partial charge >= 0.3 is 0 Å². The molecule has 23 heavy (non-hydrogen) atoms. The summed E-state index contributed by atoms with van der Waals surface area (Å²) in [6.07, 6.45) is 3.55. The number of methoxy groups -OCH3 is 1. The average Bonchev–Trinajstić information content (AvgIpc) is 2.56. The largest absolute Gasteiger partial charge is 0.492 e. The van der Waals surface area contributed by atoms with Gasteiger partial charge in [0, 0.05) is 12.8 Å². The first kappa shape index (κ1) is 17.3. The van der Waals surface area contributed by atoms with Crippen LogP contribution in [0, 0.1) is 17.2 Å². The van der Waals surface area contributed by atoms with Crippen LogP contribution < -0.4 is 10.1 Å². The van der Waals surface area contributed by atoms with Crippen molar-refractivity contribution < 1.29 is 14.3 Å². The summed E-state index contributed by atoms with van der Waals surface area (Å²) in [5.74, 6) is 0.852. The molecule has 1 N–H and O–H groups in total. The lowest BCUT2D eigenvalue weighted by molar-refractivity contribution is -0.143. The number of carbonyl (C=O) groups is 1. The predicted octanol–water partition coefficient (Wildman–Crippen LogP) is 3.49. The van der Waals surface area contributed by atoms with Crippen molar-refractivity contribution in [1.82, 2.24) is 0 Å². The predicted molar refractivity (Wildman–Crippen MR) is 88.3 cm³/mol. The zero-order valence-electron chi connectivity index (χ0n) is 14.0. The second-order valence-electron chi connectivity index (χ2n) is 6.11. The molecule has 124 valence electrons. The summed E-state index contributed by atoms with van der Waals surface area (Å²) in [6, 6.07) is 7.19. The van der Waals surface area contributed by atoms with E-state index in [2.05, 4.69) is 18.3 Å². The SMILES string of the molecule is CCOc1ccc(NC(=O)[C@]2(OC)CCC[C@H](C)C2)cc1C#N. The Morgan fingerprint density at radius 1 is 1.52 bits per heavy atom. The highest BCUT2D eigenvalue weighted by Crippen LogP contribution is 2.36. The molecule has 5 nitrogen and oxygen atoms in total. The number of rotatable bonds is 5. The zero-order valence-corrected chi connectivity index (χ0v) is 14.0. The van der Waals surface area contributed by atoms with E-state index in [0.29, 0.717) is 29.5 Å². The Bertz CT molecular complexity index is 609. The molecule has 1 saturated carbocycles. The Hall–Kier alpha value is -2.06. The fourth-order valence-corrected chi connectivity index (χ4v) is 3.21. The first-order valence-corrected chi connectivity index (χ1v) is 8.08. The first-order chi connectivity index (χ1) is 11.0. The molecule has 0 unspecified atom stereocenters. The van der Waals surface area contributed by atoms with Crippen molar-refractivity contribution in [3.05, 3.63) is 23.8 Å². The van der Waals surface area contributed by atoms with E-state index in [1.807, 2.05) is 6.92 Å². The van der Waals surface area contributed by atoms with Gasteiger partial charge in [-0.2, -0.15) is 5.26 Å². The number of anilines is 1. The molecule has 1 fully saturated rings. The summed E-state index contributed by atoms with van der Waals surface area (Å²) in [4.78, 5) is 12.7. The van der Waals surface area contributed by atoms with Crippen LogP contribution in [0.15, 0.2) is 18.2 Å². The van der Waals surface area contributed by atoms with Crippen LogP contribution in [0.1, 0.15) is 45.1 Å². The molecule has 0 bridgehead atoms. The molecule has 0 radical (unpaired) electrons. The molecule has 0 aliphatic heterocycles. The highest BCUT2D eigenvalue weighted by molar-refractivity contribution is 5.97. The van der Waals surface area contributed by atoms with E-state index >= 15 is 0 Å². The minimum Gasteiger partial charge on any atom is -0.492 e. The van der Waals surface area contributed by atoms with Gasteiger partial charge in [0.25, 0.3) is 5.91 Å². The smallest absolute Gasteiger partial charge is 0.256 e. The monoisotopic (exact) mass is 316 g/mol. The van der Waals surface area contributed by atoms with Crippen molar-refractivity contribution >= 4 is 11.6 Å². The van der Waals surface area contributed by atoms with Crippen LogP contribution in [-0.2, 0) is 9.53 Å². The summed E-state index contributed by atoms with van der Waals surface area (Å²) in [6.45, 7) is 4.50. The summed E-state index contributed by atoms with van der Waals surface area (Å²) < 4.78 is 11.0. The summed E-state index contributed by atoms with van der Waals surface area (Å²) in [5.41, 5.74) is 0.223. The molecule has 0 spiro atoms. The van der Waals surface area contributed by atoms with Crippen LogP contribution in [0.4, 0.5) is 5.69 Å². The summed E-state index contributed by atoms with van der Waals surface area (Å²) >= 11 is 0. The van der Waals surface area contributed by atoms with Crippen molar-refractivity contribution in [2.24, 2.45) is 5.92 Å². The van der Waals surface area contributed by atoms with Crippen LogP contribution in [0.2, 0.25) is 0 Å². The van der Waals surface area contributed by atoms with E-state index in [0.717, 1.165) is 25.7 Å².